The Balaban J connectivity index is 2.60. The van der Waals surface area contributed by atoms with Gasteiger partial charge in [0.15, 0.2) is 8.32 Å². The Morgan fingerprint density at radius 3 is 2.36 bits per heavy atom. The number of carbonyl (C=O) groups excluding carboxylic acids is 1. The van der Waals surface area contributed by atoms with Crippen LogP contribution in [0.3, 0.4) is 0 Å². The van der Waals surface area contributed by atoms with Crippen molar-refractivity contribution < 1.29 is 9.22 Å². The van der Waals surface area contributed by atoms with Crippen LogP contribution in [0.15, 0.2) is 12.2 Å². The average Bonchev–Trinajstić information content (AvgIpc) is 2.31. The quantitative estimate of drug-likeness (QED) is 0.713. The van der Waals surface area contributed by atoms with Crippen LogP contribution in [0.1, 0.15) is 20.8 Å². The predicted octanol–water partition coefficient (Wildman–Crippen LogP) is 2.02. The highest BCUT2D eigenvalue weighted by atomic mass is 28.4. The molecule has 1 unspecified atom stereocenters. The molecule has 0 spiro atoms. The van der Waals surface area contributed by atoms with Crippen LogP contribution in [0.5, 0.6) is 0 Å². The molecule has 0 aromatic carbocycles. The molecule has 1 aliphatic rings. The van der Waals surface area contributed by atoms with E-state index in [4.69, 9.17) is 4.43 Å². The van der Waals surface area contributed by atoms with E-state index in [0.717, 1.165) is 0 Å². The van der Waals surface area contributed by atoms with Gasteiger partial charge in [-0.25, -0.2) is 0 Å². The van der Waals surface area contributed by atoms with E-state index >= 15 is 0 Å². The zero-order chi connectivity index (χ0) is 11.0. The Labute approximate surface area is 86.7 Å². The number of nitrogens with one attached hydrogen (secondary N) is 1. The molecule has 80 valence electrons. The van der Waals surface area contributed by atoms with Gasteiger partial charge in [0.1, 0.15) is 6.23 Å². The molecule has 0 fully saturated rings. The van der Waals surface area contributed by atoms with Crippen molar-refractivity contribution >= 4 is 14.2 Å². The summed E-state index contributed by atoms with van der Waals surface area (Å²) in [5, 5.41) is 2.92. The Morgan fingerprint density at radius 1 is 1.43 bits per heavy atom. The number of hydrogen-bond acceptors (Lipinski definition) is 2. The van der Waals surface area contributed by atoms with Crippen LogP contribution < -0.4 is 5.32 Å². The summed E-state index contributed by atoms with van der Waals surface area (Å²) in [5.41, 5.74) is 0. The van der Waals surface area contributed by atoms with Crippen molar-refractivity contribution in [2.24, 2.45) is 0 Å². The molecular formula is C10H19NO2Si. The molecule has 0 aliphatic carbocycles. The molecule has 1 rings (SSSR count). The van der Waals surface area contributed by atoms with Crippen LogP contribution in [0.4, 0.5) is 0 Å². The second-order valence-electron chi connectivity index (χ2n) is 5.17. The van der Waals surface area contributed by atoms with E-state index in [-0.39, 0.29) is 17.2 Å². The molecule has 3 nitrogen and oxygen atoms in total. The number of hydrogen-bond donors (Lipinski definition) is 1. The monoisotopic (exact) mass is 213 g/mol. The summed E-state index contributed by atoms with van der Waals surface area (Å²) in [4.78, 5) is 10.9. The van der Waals surface area contributed by atoms with E-state index in [1.165, 1.54) is 6.08 Å². The lowest BCUT2D eigenvalue weighted by atomic mass is 10.2. The van der Waals surface area contributed by atoms with Gasteiger partial charge in [0.05, 0.1) is 0 Å². The van der Waals surface area contributed by atoms with Crippen LogP contribution in [-0.2, 0) is 9.22 Å². The minimum atomic E-state index is -1.77. The maximum absolute atomic E-state index is 10.9. The lowest BCUT2D eigenvalue weighted by molar-refractivity contribution is -0.117. The fraction of sp³-hybridized carbons (Fsp3) is 0.700. The fourth-order valence-corrected chi connectivity index (χ4v) is 2.10. The molecule has 4 heteroatoms. The zero-order valence-electron chi connectivity index (χ0n) is 9.55. The fourth-order valence-electron chi connectivity index (χ4n) is 0.974. The molecule has 0 radical (unpaired) electrons. The topological polar surface area (TPSA) is 38.3 Å². The van der Waals surface area contributed by atoms with E-state index < -0.39 is 8.32 Å². The van der Waals surface area contributed by atoms with E-state index in [2.05, 4.69) is 39.2 Å². The maximum Gasteiger partial charge on any atom is 0.246 e. The highest BCUT2D eigenvalue weighted by Crippen LogP contribution is 2.37. The van der Waals surface area contributed by atoms with Gasteiger partial charge in [-0.15, -0.1) is 0 Å². The molecule has 0 saturated heterocycles. The molecule has 1 atom stereocenters. The van der Waals surface area contributed by atoms with Crippen molar-refractivity contribution in [2.75, 3.05) is 0 Å². The van der Waals surface area contributed by atoms with Crippen molar-refractivity contribution in [3.8, 4) is 0 Å². The normalized spacial score (nSPS) is 22.6. The molecule has 0 aromatic heterocycles. The van der Waals surface area contributed by atoms with Crippen LogP contribution >= 0.6 is 0 Å². The number of carbonyl (C=O) groups is 1. The van der Waals surface area contributed by atoms with Crippen LogP contribution in [0.25, 0.3) is 0 Å². The third-order valence-electron chi connectivity index (χ3n) is 2.93. The highest BCUT2D eigenvalue weighted by molar-refractivity contribution is 6.74. The first-order valence-electron chi connectivity index (χ1n) is 4.89. The SMILES string of the molecule is CC(C)(C)[Si](C)(C)OC1C=CC(=O)N1. The molecule has 0 saturated carbocycles. The summed E-state index contributed by atoms with van der Waals surface area (Å²) < 4.78 is 5.95. The first-order chi connectivity index (χ1) is 6.22. The third kappa shape index (κ3) is 2.45. The second-order valence-corrected chi connectivity index (χ2v) is 9.92. The van der Waals surface area contributed by atoms with Gasteiger partial charge in [-0.2, -0.15) is 0 Å². The van der Waals surface area contributed by atoms with Gasteiger partial charge in [0.2, 0.25) is 5.91 Å². The zero-order valence-corrected chi connectivity index (χ0v) is 10.5. The van der Waals surface area contributed by atoms with Crippen molar-refractivity contribution in [2.45, 2.75) is 45.1 Å². The van der Waals surface area contributed by atoms with E-state index in [9.17, 15) is 4.79 Å². The Morgan fingerprint density at radius 2 is 2.00 bits per heavy atom. The standard InChI is InChI=1S/C10H19NO2Si/c1-10(2,3)14(4,5)13-9-7-6-8(12)11-9/h6-7,9H,1-5H3,(H,11,12). The Kier molecular flexibility index (Phi) is 2.87. The molecule has 1 heterocycles. The molecule has 1 N–H and O–H groups in total. The van der Waals surface area contributed by atoms with Gasteiger partial charge >= 0.3 is 0 Å². The van der Waals surface area contributed by atoms with Gasteiger partial charge in [-0.3, -0.25) is 4.79 Å². The van der Waals surface area contributed by atoms with Gasteiger partial charge in [0.25, 0.3) is 0 Å². The van der Waals surface area contributed by atoms with Gasteiger partial charge in [-0.1, -0.05) is 20.8 Å². The molecule has 0 aromatic rings. The van der Waals surface area contributed by atoms with Crippen LogP contribution in [-0.4, -0.2) is 20.5 Å². The summed E-state index contributed by atoms with van der Waals surface area (Å²) in [6.45, 7) is 10.9. The van der Waals surface area contributed by atoms with Crippen LogP contribution in [0, 0.1) is 0 Å². The van der Waals surface area contributed by atoms with Gasteiger partial charge in [0, 0.05) is 6.08 Å². The summed E-state index contributed by atoms with van der Waals surface area (Å²) in [6.07, 6.45) is 3.09. The van der Waals surface area contributed by atoms with Crippen LogP contribution in [0.2, 0.25) is 18.1 Å². The summed E-state index contributed by atoms with van der Waals surface area (Å²) in [7, 11) is -1.77. The number of rotatable bonds is 2. The predicted molar refractivity (Wildman–Crippen MR) is 59.4 cm³/mol. The van der Waals surface area contributed by atoms with Crippen molar-refractivity contribution in [1.82, 2.24) is 5.32 Å². The highest BCUT2D eigenvalue weighted by Gasteiger charge is 2.39. The summed E-state index contributed by atoms with van der Waals surface area (Å²) >= 11 is 0. The number of amides is 1. The molecule has 1 aliphatic heterocycles. The lowest BCUT2D eigenvalue weighted by Gasteiger charge is -2.37. The molecule has 14 heavy (non-hydrogen) atoms. The van der Waals surface area contributed by atoms with Crippen molar-refractivity contribution in [3.05, 3.63) is 12.2 Å². The minimum absolute atomic E-state index is 0.0614. The van der Waals surface area contributed by atoms with E-state index in [1.54, 1.807) is 6.08 Å². The minimum Gasteiger partial charge on any atom is -0.394 e. The van der Waals surface area contributed by atoms with E-state index in [1.807, 2.05) is 0 Å². The largest absolute Gasteiger partial charge is 0.394 e. The first kappa shape index (κ1) is 11.5. The Bertz CT molecular complexity index is 266. The first-order valence-corrected chi connectivity index (χ1v) is 7.80. The Hall–Kier alpha value is -0.613. The summed E-state index contributed by atoms with van der Waals surface area (Å²) in [6, 6.07) is 0. The van der Waals surface area contributed by atoms with Gasteiger partial charge < -0.3 is 9.74 Å². The summed E-state index contributed by atoms with van der Waals surface area (Å²) in [5.74, 6) is -0.0614. The van der Waals surface area contributed by atoms with Crippen molar-refractivity contribution in [3.63, 3.8) is 0 Å². The lowest BCUT2D eigenvalue weighted by Crippen LogP contribution is -2.46. The third-order valence-corrected chi connectivity index (χ3v) is 7.39. The second kappa shape index (κ2) is 3.51. The molecule has 1 amide bonds. The smallest absolute Gasteiger partial charge is 0.246 e. The van der Waals surface area contributed by atoms with Crippen molar-refractivity contribution in [1.29, 1.82) is 0 Å². The van der Waals surface area contributed by atoms with Gasteiger partial charge in [-0.05, 0) is 24.2 Å². The molecular weight excluding hydrogens is 194 g/mol. The molecule has 0 bridgehead atoms. The maximum atomic E-state index is 10.9. The average molecular weight is 213 g/mol. The van der Waals surface area contributed by atoms with E-state index in [0.29, 0.717) is 0 Å².